The minimum absolute atomic E-state index is 0.0587. The molecule has 0 saturated carbocycles. The summed E-state index contributed by atoms with van der Waals surface area (Å²) in [7, 11) is 0. The lowest BCUT2D eigenvalue weighted by molar-refractivity contribution is 0.101. The summed E-state index contributed by atoms with van der Waals surface area (Å²) in [6.45, 7) is 0. The van der Waals surface area contributed by atoms with Crippen LogP contribution in [0.4, 0.5) is 20.2 Å². The van der Waals surface area contributed by atoms with Gasteiger partial charge in [0.15, 0.2) is 17.4 Å². The number of fused-ring (bicyclic) bond motifs is 2. The van der Waals surface area contributed by atoms with Crippen LogP contribution in [0.2, 0.25) is 5.02 Å². The van der Waals surface area contributed by atoms with Gasteiger partial charge in [-0.05, 0) is 54.6 Å². The van der Waals surface area contributed by atoms with Crippen molar-refractivity contribution in [3.63, 3.8) is 0 Å². The van der Waals surface area contributed by atoms with E-state index >= 15 is 0 Å². The first-order valence-corrected chi connectivity index (χ1v) is 8.48. The van der Waals surface area contributed by atoms with E-state index in [-0.39, 0.29) is 16.8 Å². The Morgan fingerprint density at radius 1 is 0.964 bits per heavy atom. The van der Waals surface area contributed by atoms with Gasteiger partial charge in [0, 0.05) is 16.3 Å². The molecule has 0 saturated heterocycles. The van der Waals surface area contributed by atoms with Gasteiger partial charge in [-0.25, -0.2) is 8.78 Å². The van der Waals surface area contributed by atoms with E-state index in [4.69, 9.17) is 16.3 Å². The van der Waals surface area contributed by atoms with Crippen molar-refractivity contribution in [2.24, 2.45) is 0 Å². The summed E-state index contributed by atoms with van der Waals surface area (Å²) in [5.41, 5.74) is 0.837. The summed E-state index contributed by atoms with van der Waals surface area (Å²) in [5, 5.41) is 5.67. The summed E-state index contributed by atoms with van der Waals surface area (Å²) < 4.78 is 32.1. The first-order chi connectivity index (χ1) is 13.4. The second kappa shape index (κ2) is 6.94. The number of hydrogen-bond acceptors (Lipinski definition) is 3. The van der Waals surface area contributed by atoms with E-state index in [1.54, 1.807) is 18.2 Å². The van der Waals surface area contributed by atoms with Gasteiger partial charge in [0.1, 0.15) is 5.75 Å². The maximum absolute atomic E-state index is 13.3. The van der Waals surface area contributed by atoms with E-state index in [2.05, 4.69) is 10.6 Å². The summed E-state index contributed by atoms with van der Waals surface area (Å²) in [6.07, 6.45) is 0. The normalized spacial score (nSPS) is 12.2. The molecule has 0 atom stereocenters. The van der Waals surface area contributed by atoms with Crippen molar-refractivity contribution in [3.8, 4) is 11.5 Å². The number of ether oxygens (including phenoxy) is 1. The quantitative estimate of drug-likeness (QED) is 0.619. The second-order valence-corrected chi connectivity index (χ2v) is 6.43. The van der Waals surface area contributed by atoms with Gasteiger partial charge in [-0.1, -0.05) is 11.6 Å². The van der Waals surface area contributed by atoms with Crippen LogP contribution >= 0.6 is 11.6 Å². The Hall–Kier alpha value is -3.45. The Balaban J connectivity index is 1.62. The fraction of sp³-hybridized carbons (Fsp3) is 0. The van der Waals surface area contributed by atoms with Crippen LogP contribution < -0.4 is 15.4 Å². The number of amides is 2. The summed E-state index contributed by atoms with van der Waals surface area (Å²) in [6, 6.07) is 12.1. The average molecular weight is 401 g/mol. The number of carbonyl (C=O) groups excluding carboxylic acids is 2. The highest BCUT2D eigenvalue weighted by molar-refractivity contribution is 6.31. The summed E-state index contributed by atoms with van der Waals surface area (Å²) in [5.74, 6) is -2.54. The molecule has 0 spiro atoms. The van der Waals surface area contributed by atoms with E-state index in [1.807, 2.05) is 0 Å². The zero-order chi connectivity index (χ0) is 19.8. The largest absolute Gasteiger partial charge is 0.454 e. The predicted octanol–water partition coefficient (Wildman–Crippen LogP) is 5.23. The predicted molar refractivity (Wildman–Crippen MR) is 100 cm³/mol. The molecule has 4 rings (SSSR count). The standard InChI is InChI=1S/C20H11ClF2N2O3/c21-11-2-5-18-16(8-11)25-20(27)13-9-12(3-6-17(13)28-18)24-19(26)10-1-4-14(22)15(23)7-10/h1-9H,(H,24,26)(H,25,27). The van der Waals surface area contributed by atoms with Crippen LogP contribution in [0.5, 0.6) is 11.5 Å². The van der Waals surface area contributed by atoms with Crippen molar-refractivity contribution >= 4 is 34.8 Å². The van der Waals surface area contributed by atoms with Crippen LogP contribution in [0, 0.1) is 11.6 Å². The molecule has 3 aromatic rings. The molecule has 8 heteroatoms. The molecule has 140 valence electrons. The van der Waals surface area contributed by atoms with Gasteiger partial charge in [-0.3, -0.25) is 9.59 Å². The molecule has 0 aromatic heterocycles. The highest BCUT2D eigenvalue weighted by atomic mass is 35.5. The zero-order valence-electron chi connectivity index (χ0n) is 14.1. The van der Waals surface area contributed by atoms with Gasteiger partial charge in [0.25, 0.3) is 11.8 Å². The van der Waals surface area contributed by atoms with Crippen molar-refractivity contribution < 1.29 is 23.1 Å². The number of halogens is 3. The van der Waals surface area contributed by atoms with Crippen molar-refractivity contribution in [1.82, 2.24) is 0 Å². The lowest BCUT2D eigenvalue weighted by Crippen LogP contribution is -2.14. The van der Waals surface area contributed by atoms with E-state index in [9.17, 15) is 18.4 Å². The number of hydrogen-bond donors (Lipinski definition) is 2. The highest BCUT2D eigenvalue weighted by Crippen LogP contribution is 2.38. The molecule has 2 N–H and O–H groups in total. The molecule has 2 amide bonds. The molecule has 1 aliphatic heterocycles. The fourth-order valence-electron chi connectivity index (χ4n) is 2.71. The van der Waals surface area contributed by atoms with Crippen LogP contribution in [-0.2, 0) is 0 Å². The summed E-state index contributed by atoms with van der Waals surface area (Å²) >= 11 is 5.95. The van der Waals surface area contributed by atoms with Gasteiger partial charge >= 0.3 is 0 Å². The lowest BCUT2D eigenvalue weighted by Gasteiger charge is -2.10. The van der Waals surface area contributed by atoms with Crippen LogP contribution in [0.25, 0.3) is 0 Å². The molecule has 1 aliphatic rings. The van der Waals surface area contributed by atoms with Crippen LogP contribution in [0.1, 0.15) is 20.7 Å². The zero-order valence-corrected chi connectivity index (χ0v) is 14.8. The number of carbonyl (C=O) groups is 2. The molecule has 0 unspecified atom stereocenters. The van der Waals surface area contributed by atoms with Gasteiger partial charge < -0.3 is 15.4 Å². The molecule has 0 fully saturated rings. The number of nitrogens with one attached hydrogen (secondary N) is 2. The topological polar surface area (TPSA) is 67.4 Å². The fourth-order valence-corrected chi connectivity index (χ4v) is 2.88. The molecule has 28 heavy (non-hydrogen) atoms. The van der Waals surface area contributed by atoms with E-state index in [0.29, 0.717) is 22.2 Å². The Morgan fingerprint density at radius 3 is 2.54 bits per heavy atom. The third-order valence-corrected chi connectivity index (χ3v) is 4.31. The maximum Gasteiger partial charge on any atom is 0.259 e. The van der Waals surface area contributed by atoms with E-state index in [0.717, 1.165) is 18.2 Å². The third-order valence-electron chi connectivity index (χ3n) is 4.07. The van der Waals surface area contributed by atoms with Crippen molar-refractivity contribution in [2.75, 3.05) is 10.6 Å². The van der Waals surface area contributed by atoms with E-state index < -0.39 is 23.4 Å². The maximum atomic E-state index is 13.3. The molecule has 1 heterocycles. The minimum atomic E-state index is -1.13. The smallest absolute Gasteiger partial charge is 0.259 e. The molecular formula is C20H11ClF2N2O3. The molecular weight excluding hydrogens is 390 g/mol. The minimum Gasteiger partial charge on any atom is -0.454 e. The molecule has 5 nitrogen and oxygen atoms in total. The number of benzene rings is 3. The van der Waals surface area contributed by atoms with Crippen LogP contribution in [0.15, 0.2) is 54.6 Å². The number of anilines is 2. The van der Waals surface area contributed by atoms with Gasteiger partial charge in [0.2, 0.25) is 0 Å². The molecule has 0 aliphatic carbocycles. The second-order valence-electron chi connectivity index (χ2n) is 5.99. The summed E-state index contributed by atoms with van der Waals surface area (Å²) in [4.78, 5) is 24.8. The van der Waals surface area contributed by atoms with Crippen molar-refractivity contribution in [2.45, 2.75) is 0 Å². The average Bonchev–Trinajstić information content (AvgIpc) is 2.79. The SMILES string of the molecule is O=C(Nc1ccc2c(c1)C(=O)Nc1cc(Cl)ccc1O2)c1ccc(F)c(F)c1. The van der Waals surface area contributed by atoms with Gasteiger partial charge in [-0.15, -0.1) is 0 Å². The number of rotatable bonds is 2. The Kier molecular flexibility index (Phi) is 4.44. The van der Waals surface area contributed by atoms with Crippen LogP contribution in [0.3, 0.4) is 0 Å². The van der Waals surface area contributed by atoms with Crippen molar-refractivity contribution in [3.05, 3.63) is 82.4 Å². The molecule has 0 bridgehead atoms. The van der Waals surface area contributed by atoms with Crippen LogP contribution in [-0.4, -0.2) is 11.8 Å². The van der Waals surface area contributed by atoms with E-state index in [1.165, 1.54) is 18.2 Å². The van der Waals surface area contributed by atoms with Gasteiger partial charge in [-0.2, -0.15) is 0 Å². The molecule has 0 radical (unpaired) electrons. The highest BCUT2D eigenvalue weighted by Gasteiger charge is 2.22. The Morgan fingerprint density at radius 2 is 1.75 bits per heavy atom. The Bertz CT molecular complexity index is 1130. The molecule has 3 aromatic carbocycles. The Labute approximate surface area is 162 Å². The first kappa shape index (κ1) is 17.9. The lowest BCUT2D eigenvalue weighted by atomic mass is 10.1. The third kappa shape index (κ3) is 3.39. The first-order valence-electron chi connectivity index (χ1n) is 8.10. The van der Waals surface area contributed by atoms with Crippen molar-refractivity contribution in [1.29, 1.82) is 0 Å². The van der Waals surface area contributed by atoms with Gasteiger partial charge in [0.05, 0.1) is 11.3 Å². The monoisotopic (exact) mass is 400 g/mol.